The Morgan fingerprint density at radius 2 is 1.94 bits per heavy atom. The van der Waals surface area contributed by atoms with Gasteiger partial charge in [0.05, 0.1) is 6.54 Å². The molecule has 1 rings (SSSR count). The molecule has 0 radical (unpaired) electrons. The predicted molar refractivity (Wildman–Crippen MR) is 60.0 cm³/mol. The first kappa shape index (κ1) is 14.7. The molecule has 1 fully saturated rings. The van der Waals surface area contributed by atoms with Crippen molar-refractivity contribution in [1.82, 2.24) is 10.2 Å². The van der Waals surface area contributed by atoms with E-state index in [1.807, 2.05) is 0 Å². The third-order valence-electron chi connectivity index (χ3n) is 2.95. The van der Waals surface area contributed by atoms with E-state index < -0.39 is 12.7 Å². The van der Waals surface area contributed by atoms with E-state index >= 15 is 0 Å². The van der Waals surface area contributed by atoms with Gasteiger partial charge in [-0.3, -0.25) is 4.90 Å². The minimum absolute atomic E-state index is 0.358. The molecule has 0 amide bonds. The van der Waals surface area contributed by atoms with E-state index in [0.717, 1.165) is 32.4 Å². The first-order valence-corrected chi connectivity index (χ1v) is 6.02. The quantitative estimate of drug-likeness (QED) is 0.729. The molecule has 0 saturated carbocycles. The maximum absolute atomic E-state index is 12.2. The number of hydrogen-bond donors (Lipinski definition) is 1. The maximum Gasteiger partial charge on any atom is 0.401 e. The lowest BCUT2D eigenvalue weighted by atomic mass is 10.1. The third-order valence-corrected chi connectivity index (χ3v) is 2.95. The Labute approximate surface area is 100 Å². The van der Waals surface area contributed by atoms with Crippen LogP contribution in [0.2, 0.25) is 0 Å². The van der Waals surface area contributed by atoms with Gasteiger partial charge in [-0.25, -0.2) is 0 Å². The zero-order valence-corrected chi connectivity index (χ0v) is 10.2. The number of rotatable bonds is 6. The van der Waals surface area contributed by atoms with Crippen LogP contribution in [0.15, 0.2) is 0 Å². The first-order chi connectivity index (χ1) is 8.01. The van der Waals surface area contributed by atoms with Gasteiger partial charge in [-0.15, -0.1) is 0 Å². The highest BCUT2D eigenvalue weighted by atomic mass is 19.4. The molecule has 0 spiro atoms. The molecule has 0 aromatic rings. The Kier molecular flexibility index (Phi) is 6.22. The summed E-state index contributed by atoms with van der Waals surface area (Å²) in [7, 11) is 1.66. The number of ether oxygens (including phenoxy) is 1. The van der Waals surface area contributed by atoms with Gasteiger partial charge in [0.25, 0.3) is 0 Å². The summed E-state index contributed by atoms with van der Waals surface area (Å²) in [6.07, 6.45) is -1.54. The fourth-order valence-corrected chi connectivity index (χ4v) is 2.07. The van der Waals surface area contributed by atoms with Crippen LogP contribution in [0.1, 0.15) is 19.3 Å². The van der Waals surface area contributed by atoms with E-state index in [9.17, 15) is 13.2 Å². The van der Waals surface area contributed by atoms with Crippen LogP contribution in [0.5, 0.6) is 0 Å². The predicted octanol–water partition coefficient (Wildman–Crippen LogP) is 1.64. The van der Waals surface area contributed by atoms with Gasteiger partial charge in [0.15, 0.2) is 0 Å². The lowest BCUT2D eigenvalue weighted by molar-refractivity contribution is -0.148. The van der Waals surface area contributed by atoms with Gasteiger partial charge in [-0.05, 0) is 38.9 Å². The summed E-state index contributed by atoms with van der Waals surface area (Å²) >= 11 is 0. The van der Waals surface area contributed by atoms with Gasteiger partial charge < -0.3 is 10.1 Å². The SMILES string of the molecule is COCCCNC1CCN(CC(F)(F)F)CC1. The molecule has 102 valence electrons. The van der Waals surface area contributed by atoms with Crippen LogP contribution in [0.25, 0.3) is 0 Å². The normalized spacial score (nSPS) is 19.8. The van der Waals surface area contributed by atoms with Crippen molar-refractivity contribution < 1.29 is 17.9 Å². The Morgan fingerprint density at radius 3 is 2.47 bits per heavy atom. The number of hydrogen-bond acceptors (Lipinski definition) is 3. The number of halogens is 3. The summed E-state index contributed by atoms with van der Waals surface area (Å²) in [5.41, 5.74) is 0. The van der Waals surface area contributed by atoms with Gasteiger partial charge in [0, 0.05) is 19.8 Å². The fraction of sp³-hybridized carbons (Fsp3) is 1.00. The van der Waals surface area contributed by atoms with Crippen molar-refractivity contribution in [2.45, 2.75) is 31.5 Å². The second-order valence-electron chi connectivity index (χ2n) is 4.47. The Bertz CT molecular complexity index is 203. The van der Waals surface area contributed by atoms with Crippen molar-refractivity contribution in [3.63, 3.8) is 0 Å². The molecular formula is C11H21F3N2O. The number of likely N-dealkylation sites (tertiary alicyclic amines) is 1. The number of nitrogens with zero attached hydrogens (tertiary/aromatic N) is 1. The molecule has 0 atom stereocenters. The maximum atomic E-state index is 12.2. The van der Waals surface area contributed by atoms with Crippen LogP contribution < -0.4 is 5.32 Å². The summed E-state index contributed by atoms with van der Waals surface area (Å²) in [5, 5.41) is 3.35. The molecule has 1 aliphatic rings. The molecule has 0 aliphatic carbocycles. The summed E-state index contributed by atoms with van der Waals surface area (Å²) in [6.45, 7) is 1.88. The number of piperidine rings is 1. The van der Waals surface area contributed by atoms with Crippen LogP contribution >= 0.6 is 0 Å². The minimum atomic E-state index is -4.07. The highest BCUT2D eigenvalue weighted by Gasteiger charge is 2.32. The van der Waals surface area contributed by atoms with Crippen molar-refractivity contribution in [2.24, 2.45) is 0 Å². The summed E-state index contributed by atoms with van der Waals surface area (Å²) < 4.78 is 41.4. The Hall–Kier alpha value is -0.330. The van der Waals surface area contributed by atoms with E-state index in [1.54, 1.807) is 7.11 Å². The summed E-state index contributed by atoms with van der Waals surface area (Å²) in [5.74, 6) is 0. The van der Waals surface area contributed by atoms with Crippen molar-refractivity contribution in [3.8, 4) is 0 Å². The molecule has 17 heavy (non-hydrogen) atoms. The lowest BCUT2D eigenvalue weighted by Crippen LogP contribution is -2.45. The van der Waals surface area contributed by atoms with E-state index in [-0.39, 0.29) is 0 Å². The van der Waals surface area contributed by atoms with E-state index in [1.165, 1.54) is 4.90 Å². The topological polar surface area (TPSA) is 24.5 Å². The fourth-order valence-electron chi connectivity index (χ4n) is 2.07. The van der Waals surface area contributed by atoms with Crippen molar-refractivity contribution in [3.05, 3.63) is 0 Å². The molecule has 6 heteroatoms. The largest absolute Gasteiger partial charge is 0.401 e. The van der Waals surface area contributed by atoms with Crippen LogP contribution in [0, 0.1) is 0 Å². The molecule has 1 heterocycles. The highest BCUT2D eigenvalue weighted by molar-refractivity contribution is 4.78. The third kappa shape index (κ3) is 6.85. The molecule has 1 N–H and O–H groups in total. The van der Waals surface area contributed by atoms with Gasteiger partial charge in [0.1, 0.15) is 0 Å². The van der Waals surface area contributed by atoms with Crippen LogP contribution in [-0.2, 0) is 4.74 Å². The molecule has 0 unspecified atom stereocenters. The Morgan fingerprint density at radius 1 is 1.29 bits per heavy atom. The standard InChI is InChI=1S/C11H21F3N2O/c1-17-8-2-5-15-10-3-6-16(7-4-10)9-11(12,13)14/h10,15H,2-9H2,1H3. The molecule has 1 saturated heterocycles. The number of nitrogens with one attached hydrogen (secondary N) is 1. The van der Waals surface area contributed by atoms with E-state index in [2.05, 4.69) is 5.32 Å². The smallest absolute Gasteiger partial charge is 0.385 e. The molecular weight excluding hydrogens is 233 g/mol. The van der Waals surface area contributed by atoms with Crippen molar-refractivity contribution in [1.29, 1.82) is 0 Å². The second kappa shape index (κ2) is 7.18. The molecule has 0 aromatic heterocycles. The molecule has 0 bridgehead atoms. The second-order valence-corrected chi connectivity index (χ2v) is 4.47. The highest BCUT2D eigenvalue weighted by Crippen LogP contribution is 2.19. The Balaban J connectivity index is 2.09. The zero-order chi connectivity index (χ0) is 12.7. The van der Waals surface area contributed by atoms with Crippen molar-refractivity contribution in [2.75, 3.05) is 39.9 Å². The zero-order valence-electron chi connectivity index (χ0n) is 10.2. The molecule has 3 nitrogen and oxygen atoms in total. The van der Waals surface area contributed by atoms with Crippen molar-refractivity contribution >= 4 is 0 Å². The van der Waals surface area contributed by atoms with Gasteiger partial charge in [-0.1, -0.05) is 0 Å². The average Bonchev–Trinajstić information content (AvgIpc) is 2.25. The molecule has 0 aromatic carbocycles. The van der Waals surface area contributed by atoms with Gasteiger partial charge in [0.2, 0.25) is 0 Å². The minimum Gasteiger partial charge on any atom is -0.385 e. The van der Waals surface area contributed by atoms with E-state index in [4.69, 9.17) is 4.74 Å². The monoisotopic (exact) mass is 254 g/mol. The number of alkyl halides is 3. The first-order valence-electron chi connectivity index (χ1n) is 6.02. The van der Waals surface area contributed by atoms with E-state index in [0.29, 0.717) is 19.1 Å². The van der Waals surface area contributed by atoms with Gasteiger partial charge in [-0.2, -0.15) is 13.2 Å². The molecule has 1 aliphatic heterocycles. The van der Waals surface area contributed by atoms with Crippen LogP contribution in [-0.4, -0.2) is 57.0 Å². The summed E-state index contributed by atoms with van der Waals surface area (Å²) in [4.78, 5) is 1.48. The van der Waals surface area contributed by atoms with Gasteiger partial charge >= 0.3 is 6.18 Å². The average molecular weight is 254 g/mol. The van der Waals surface area contributed by atoms with Crippen LogP contribution in [0.4, 0.5) is 13.2 Å². The summed E-state index contributed by atoms with van der Waals surface area (Å²) in [6, 6.07) is 0.358. The lowest BCUT2D eigenvalue weighted by Gasteiger charge is -2.32. The van der Waals surface area contributed by atoms with Crippen LogP contribution in [0.3, 0.4) is 0 Å². The number of methoxy groups -OCH3 is 1.